The van der Waals surface area contributed by atoms with Gasteiger partial charge in [-0.25, -0.2) is 4.79 Å². The third kappa shape index (κ3) is 2.50. The Balaban J connectivity index is 2.99. The molecule has 0 aliphatic rings. The van der Waals surface area contributed by atoms with Gasteiger partial charge in [0.1, 0.15) is 0 Å². The fourth-order valence-corrected chi connectivity index (χ4v) is 0.751. The minimum Gasteiger partial charge on any atom is -0.460 e. The molecule has 0 aliphatic heterocycles. The highest BCUT2D eigenvalue weighted by Gasteiger charge is 2.63. The predicted octanol–water partition coefficient (Wildman–Crippen LogP) is 1.90. The second-order valence-corrected chi connectivity index (χ2v) is 2.72. The van der Waals surface area contributed by atoms with Crippen molar-refractivity contribution in [3.05, 3.63) is 11.7 Å². The maximum Gasteiger partial charge on any atom is 0.463 e. The van der Waals surface area contributed by atoms with Crippen LogP contribution in [0.3, 0.4) is 0 Å². The number of hydrogen-bond acceptors (Lipinski definition) is 5. The van der Waals surface area contributed by atoms with Gasteiger partial charge in [-0.15, -0.1) is 0 Å². The summed E-state index contributed by atoms with van der Waals surface area (Å²) in [6, 6.07) is 0. The van der Waals surface area contributed by atoms with E-state index in [-0.39, 0.29) is 6.61 Å². The summed E-state index contributed by atoms with van der Waals surface area (Å²) >= 11 is 0. The Hall–Kier alpha value is -1.74. The van der Waals surface area contributed by atoms with Crippen LogP contribution < -0.4 is 0 Å². The number of carbonyl (C=O) groups excluding carboxylic acids is 1. The van der Waals surface area contributed by atoms with E-state index in [1.807, 2.05) is 0 Å². The summed E-state index contributed by atoms with van der Waals surface area (Å²) in [6.07, 6.45) is -5.88. The highest BCUT2D eigenvalue weighted by molar-refractivity contribution is 5.84. The van der Waals surface area contributed by atoms with Crippen LogP contribution in [0.15, 0.2) is 4.52 Å². The molecule has 1 aromatic rings. The number of rotatable bonds is 3. The Morgan fingerprint density at radius 3 is 2.41 bits per heavy atom. The lowest BCUT2D eigenvalue weighted by Crippen LogP contribution is -2.34. The number of nitrogens with zero attached hydrogens (tertiary/aromatic N) is 2. The van der Waals surface area contributed by atoms with Gasteiger partial charge in [-0.3, -0.25) is 0 Å². The van der Waals surface area contributed by atoms with E-state index in [0.717, 1.165) is 0 Å². The molecule has 0 aliphatic carbocycles. The second-order valence-electron chi connectivity index (χ2n) is 2.72. The monoisotopic (exact) mass is 260 g/mol. The van der Waals surface area contributed by atoms with Gasteiger partial charge in [-0.1, -0.05) is 0 Å². The van der Waals surface area contributed by atoms with Crippen LogP contribution in [-0.4, -0.2) is 28.9 Å². The standard InChI is InChI=1S/C7H5F5N2O3/c1-2-16-4(15)3-13-5(17-14-3)6(8,9)7(10,11)12/h2H2,1H3. The largest absolute Gasteiger partial charge is 0.463 e. The van der Waals surface area contributed by atoms with E-state index in [2.05, 4.69) is 19.4 Å². The number of alkyl halides is 5. The fourth-order valence-electron chi connectivity index (χ4n) is 0.751. The topological polar surface area (TPSA) is 65.2 Å². The Labute approximate surface area is 90.5 Å². The van der Waals surface area contributed by atoms with Gasteiger partial charge >= 0.3 is 24.0 Å². The van der Waals surface area contributed by atoms with E-state index >= 15 is 0 Å². The highest BCUT2D eigenvalue weighted by Crippen LogP contribution is 2.42. The maximum absolute atomic E-state index is 12.7. The van der Waals surface area contributed by atoms with Crippen LogP contribution >= 0.6 is 0 Å². The molecule has 17 heavy (non-hydrogen) atoms. The molecule has 0 bridgehead atoms. The summed E-state index contributed by atoms with van der Waals surface area (Å²) < 4.78 is 68.9. The molecule has 1 rings (SSSR count). The first-order valence-corrected chi connectivity index (χ1v) is 4.16. The molecule has 1 heterocycles. The molecule has 0 saturated heterocycles. The van der Waals surface area contributed by atoms with Crippen LogP contribution in [-0.2, 0) is 10.7 Å². The summed E-state index contributed by atoms with van der Waals surface area (Å²) in [6.45, 7) is 1.29. The predicted molar refractivity (Wildman–Crippen MR) is 40.2 cm³/mol. The van der Waals surface area contributed by atoms with Gasteiger partial charge in [-0.2, -0.15) is 26.9 Å². The van der Waals surface area contributed by atoms with Gasteiger partial charge in [0.15, 0.2) is 0 Å². The molecule has 0 radical (unpaired) electrons. The van der Waals surface area contributed by atoms with Crippen molar-refractivity contribution in [2.45, 2.75) is 19.0 Å². The molecule has 0 spiro atoms. The quantitative estimate of drug-likeness (QED) is 0.613. The van der Waals surface area contributed by atoms with Crippen LogP contribution in [0.2, 0.25) is 0 Å². The number of ether oxygens (including phenoxy) is 1. The molecule has 96 valence electrons. The first kappa shape index (κ1) is 13.3. The zero-order chi connectivity index (χ0) is 13.3. The van der Waals surface area contributed by atoms with E-state index in [1.54, 1.807) is 0 Å². The van der Waals surface area contributed by atoms with Crippen molar-refractivity contribution in [2.75, 3.05) is 6.61 Å². The van der Waals surface area contributed by atoms with Crippen LogP contribution in [0.25, 0.3) is 0 Å². The van der Waals surface area contributed by atoms with Crippen molar-refractivity contribution in [3.63, 3.8) is 0 Å². The van der Waals surface area contributed by atoms with Crippen LogP contribution in [0.4, 0.5) is 22.0 Å². The van der Waals surface area contributed by atoms with E-state index in [9.17, 15) is 26.7 Å². The highest BCUT2D eigenvalue weighted by atomic mass is 19.4. The van der Waals surface area contributed by atoms with Crippen molar-refractivity contribution in [1.29, 1.82) is 0 Å². The van der Waals surface area contributed by atoms with E-state index in [1.165, 1.54) is 6.92 Å². The third-order valence-electron chi connectivity index (χ3n) is 1.51. The SMILES string of the molecule is CCOC(=O)c1noc(C(F)(F)C(F)(F)F)n1. The number of halogens is 5. The van der Waals surface area contributed by atoms with Gasteiger partial charge in [-0.05, 0) is 12.1 Å². The normalized spacial score (nSPS) is 12.6. The summed E-state index contributed by atoms with van der Waals surface area (Å²) in [4.78, 5) is 13.5. The molecule has 1 aromatic heterocycles. The van der Waals surface area contributed by atoms with Gasteiger partial charge in [0.25, 0.3) is 5.82 Å². The average Bonchev–Trinajstić information content (AvgIpc) is 2.65. The Morgan fingerprint density at radius 1 is 1.35 bits per heavy atom. The summed E-state index contributed by atoms with van der Waals surface area (Å²) in [7, 11) is 0. The van der Waals surface area contributed by atoms with Gasteiger partial charge in [0, 0.05) is 0 Å². The molecule has 0 atom stereocenters. The van der Waals surface area contributed by atoms with Gasteiger partial charge < -0.3 is 9.26 Å². The maximum atomic E-state index is 12.7. The molecule has 0 unspecified atom stereocenters. The summed E-state index contributed by atoms with van der Waals surface area (Å²) in [5.74, 6) is -9.57. The van der Waals surface area contributed by atoms with Crippen LogP contribution in [0, 0.1) is 0 Å². The third-order valence-corrected chi connectivity index (χ3v) is 1.51. The van der Waals surface area contributed by atoms with Crippen LogP contribution in [0.1, 0.15) is 23.4 Å². The molecule has 0 aromatic carbocycles. The zero-order valence-corrected chi connectivity index (χ0v) is 8.22. The van der Waals surface area contributed by atoms with E-state index in [4.69, 9.17) is 0 Å². The van der Waals surface area contributed by atoms with Crippen LogP contribution in [0.5, 0.6) is 0 Å². The van der Waals surface area contributed by atoms with Crippen molar-refractivity contribution < 1.29 is 36.0 Å². The Kier molecular flexibility index (Phi) is 3.34. The molecular formula is C7H5F5N2O3. The van der Waals surface area contributed by atoms with E-state index in [0.29, 0.717) is 0 Å². The van der Waals surface area contributed by atoms with Gasteiger partial charge in [0.2, 0.25) is 0 Å². The number of esters is 1. The first-order chi connectivity index (χ1) is 7.70. The van der Waals surface area contributed by atoms with Crippen molar-refractivity contribution in [1.82, 2.24) is 10.1 Å². The lowest BCUT2D eigenvalue weighted by atomic mass is 10.3. The smallest absolute Gasteiger partial charge is 0.460 e. The molecule has 0 N–H and O–H groups in total. The molecule has 10 heteroatoms. The molecular weight excluding hydrogens is 255 g/mol. The first-order valence-electron chi connectivity index (χ1n) is 4.16. The number of aromatic nitrogens is 2. The Morgan fingerprint density at radius 2 is 1.94 bits per heavy atom. The van der Waals surface area contributed by atoms with Crippen molar-refractivity contribution in [3.8, 4) is 0 Å². The minimum atomic E-state index is -5.88. The lowest BCUT2D eigenvalue weighted by molar-refractivity contribution is -0.298. The molecule has 0 fully saturated rings. The molecule has 5 nitrogen and oxygen atoms in total. The fraction of sp³-hybridized carbons (Fsp3) is 0.571. The van der Waals surface area contributed by atoms with Gasteiger partial charge in [0.05, 0.1) is 6.61 Å². The van der Waals surface area contributed by atoms with Crippen molar-refractivity contribution in [2.24, 2.45) is 0 Å². The average molecular weight is 260 g/mol. The van der Waals surface area contributed by atoms with E-state index < -0.39 is 29.8 Å². The lowest BCUT2D eigenvalue weighted by Gasteiger charge is -2.14. The van der Waals surface area contributed by atoms with Crippen molar-refractivity contribution >= 4 is 5.97 Å². The zero-order valence-electron chi connectivity index (χ0n) is 8.22. The second kappa shape index (κ2) is 4.26. The summed E-state index contributed by atoms with van der Waals surface area (Å²) in [5, 5.41) is 2.67. The molecule has 0 amide bonds. The number of carbonyl (C=O) groups is 1. The molecule has 0 saturated carbocycles. The number of hydrogen-bond donors (Lipinski definition) is 0. The summed E-state index contributed by atoms with van der Waals surface area (Å²) in [5.41, 5.74) is 0. The Bertz CT molecular complexity index is 414. The minimum absolute atomic E-state index is 0.113.